The molecule has 2 aromatic carbocycles. The first-order valence-electron chi connectivity index (χ1n) is 10.2. The molecule has 0 saturated carbocycles. The molecule has 31 heavy (non-hydrogen) atoms. The van der Waals surface area contributed by atoms with E-state index in [0.717, 1.165) is 31.5 Å². The van der Waals surface area contributed by atoms with Gasteiger partial charge in [0, 0.05) is 37.8 Å². The van der Waals surface area contributed by atoms with Gasteiger partial charge in [-0.3, -0.25) is 19.7 Å². The van der Waals surface area contributed by atoms with E-state index in [0.29, 0.717) is 5.69 Å². The Kier molecular flexibility index (Phi) is 7.17. The van der Waals surface area contributed by atoms with E-state index < -0.39 is 10.8 Å². The van der Waals surface area contributed by atoms with Crippen molar-refractivity contribution in [3.8, 4) is 0 Å². The minimum atomic E-state index is -0.476. The van der Waals surface area contributed by atoms with Gasteiger partial charge < -0.3 is 15.1 Å². The third kappa shape index (κ3) is 5.56. The van der Waals surface area contributed by atoms with Gasteiger partial charge in [-0.2, -0.15) is 0 Å². The summed E-state index contributed by atoms with van der Waals surface area (Å²) in [4.78, 5) is 39.6. The Hall–Kier alpha value is -3.49. The predicted octanol–water partition coefficient (Wildman–Crippen LogP) is 3.11. The third-order valence-corrected chi connectivity index (χ3v) is 5.27. The van der Waals surface area contributed by atoms with E-state index in [4.69, 9.17) is 0 Å². The normalized spacial score (nSPS) is 13.2. The summed E-state index contributed by atoms with van der Waals surface area (Å²) in [7, 11) is 0. The predicted molar refractivity (Wildman–Crippen MR) is 114 cm³/mol. The van der Waals surface area contributed by atoms with E-state index in [1.807, 2.05) is 4.90 Å². The Labute approximate surface area is 179 Å². The van der Waals surface area contributed by atoms with Crippen LogP contribution in [0, 0.1) is 15.9 Å². The summed E-state index contributed by atoms with van der Waals surface area (Å²) in [6, 6.07) is 10.2. The zero-order valence-electron chi connectivity index (χ0n) is 17.3. The molecule has 3 rings (SSSR count). The first-order chi connectivity index (χ1) is 14.9. The molecular formula is C22H25FN4O4. The average Bonchev–Trinajstić information content (AvgIpc) is 3.31. The van der Waals surface area contributed by atoms with Crippen molar-refractivity contribution in [2.24, 2.45) is 0 Å². The molecule has 1 fully saturated rings. The number of amides is 2. The van der Waals surface area contributed by atoms with E-state index in [1.165, 1.54) is 23.1 Å². The van der Waals surface area contributed by atoms with Gasteiger partial charge in [-0.05, 0) is 49.6 Å². The number of benzene rings is 2. The van der Waals surface area contributed by atoms with Gasteiger partial charge in [-0.25, -0.2) is 4.39 Å². The lowest BCUT2D eigenvalue weighted by Crippen LogP contribution is -2.40. The molecular weight excluding hydrogens is 403 g/mol. The van der Waals surface area contributed by atoms with Crippen LogP contribution in [0.15, 0.2) is 42.5 Å². The average molecular weight is 428 g/mol. The highest BCUT2D eigenvalue weighted by Gasteiger charge is 2.25. The van der Waals surface area contributed by atoms with E-state index >= 15 is 0 Å². The SMILES string of the molecule is CCN(CC(=O)NCc1ccc(F)cc1)C(=O)c1ccc(N2CCCC2)c([N+](=O)[O-])c1. The van der Waals surface area contributed by atoms with E-state index in [2.05, 4.69) is 5.32 Å². The second kappa shape index (κ2) is 10.0. The van der Waals surface area contributed by atoms with Crippen molar-refractivity contribution in [2.45, 2.75) is 26.3 Å². The van der Waals surface area contributed by atoms with Gasteiger partial charge in [0.2, 0.25) is 5.91 Å². The maximum Gasteiger partial charge on any atom is 0.293 e. The lowest BCUT2D eigenvalue weighted by Gasteiger charge is -2.22. The summed E-state index contributed by atoms with van der Waals surface area (Å²) in [6.45, 7) is 3.54. The van der Waals surface area contributed by atoms with Gasteiger partial charge in [-0.15, -0.1) is 0 Å². The molecule has 8 nitrogen and oxygen atoms in total. The summed E-state index contributed by atoms with van der Waals surface area (Å²) in [5.41, 5.74) is 1.31. The van der Waals surface area contributed by atoms with Crippen molar-refractivity contribution >= 4 is 23.2 Å². The highest BCUT2D eigenvalue weighted by molar-refractivity contribution is 5.97. The zero-order valence-corrected chi connectivity index (χ0v) is 17.3. The first-order valence-corrected chi connectivity index (χ1v) is 10.2. The monoisotopic (exact) mass is 428 g/mol. The fourth-order valence-corrected chi connectivity index (χ4v) is 3.57. The lowest BCUT2D eigenvalue weighted by molar-refractivity contribution is -0.384. The van der Waals surface area contributed by atoms with E-state index in [1.54, 1.807) is 31.2 Å². The van der Waals surface area contributed by atoms with Crippen molar-refractivity contribution in [1.82, 2.24) is 10.2 Å². The van der Waals surface area contributed by atoms with Crippen LogP contribution in [0.1, 0.15) is 35.7 Å². The van der Waals surface area contributed by atoms with E-state index in [9.17, 15) is 24.1 Å². The van der Waals surface area contributed by atoms with Gasteiger partial charge in [0.1, 0.15) is 11.5 Å². The number of nitro benzene ring substituents is 1. The maximum absolute atomic E-state index is 13.0. The molecule has 1 saturated heterocycles. The molecule has 0 atom stereocenters. The number of carbonyl (C=O) groups is 2. The highest BCUT2D eigenvalue weighted by atomic mass is 19.1. The van der Waals surface area contributed by atoms with Crippen LogP contribution >= 0.6 is 0 Å². The van der Waals surface area contributed by atoms with Crippen LogP contribution in [0.5, 0.6) is 0 Å². The van der Waals surface area contributed by atoms with Gasteiger partial charge in [0.25, 0.3) is 11.6 Å². The zero-order chi connectivity index (χ0) is 22.4. The third-order valence-electron chi connectivity index (χ3n) is 5.27. The largest absolute Gasteiger partial charge is 0.366 e. The Balaban J connectivity index is 1.67. The van der Waals surface area contributed by atoms with Crippen molar-refractivity contribution < 1.29 is 18.9 Å². The molecule has 0 aromatic heterocycles. The Morgan fingerprint density at radius 3 is 2.45 bits per heavy atom. The van der Waals surface area contributed by atoms with Crippen LogP contribution in [0.2, 0.25) is 0 Å². The number of hydrogen-bond acceptors (Lipinski definition) is 5. The summed E-state index contributed by atoms with van der Waals surface area (Å²) in [5, 5.41) is 14.3. The molecule has 2 amide bonds. The Bertz CT molecular complexity index is 958. The molecule has 0 unspecified atom stereocenters. The van der Waals surface area contributed by atoms with Gasteiger partial charge in [-0.1, -0.05) is 12.1 Å². The minimum Gasteiger partial charge on any atom is -0.366 e. The Morgan fingerprint density at radius 1 is 1.16 bits per heavy atom. The first kappa shape index (κ1) is 22.2. The smallest absolute Gasteiger partial charge is 0.293 e. The van der Waals surface area contributed by atoms with Crippen molar-refractivity contribution in [3.63, 3.8) is 0 Å². The number of hydrogen-bond donors (Lipinski definition) is 1. The number of nitro groups is 1. The molecule has 0 aliphatic carbocycles. The molecule has 1 aliphatic heterocycles. The molecule has 1 aliphatic rings. The number of carbonyl (C=O) groups excluding carboxylic acids is 2. The molecule has 1 heterocycles. The number of nitrogens with zero attached hydrogens (tertiary/aromatic N) is 3. The topological polar surface area (TPSA) is 95.8 Å². The molecule has 2 aromatic rings. The summed E-state index contributed by atoms with van der Waals surface area (Å²) >= 11 is 0. The fraction of sp³-hybridized carbons (Fsp3) is 0.364. The highest BCUT2D eigenvalue weighted by Crippen LogP contribution is 2.32. The molecule has 0 radical (unpaired) electrons. The number of nitrogens with one attached hydrogen (secondary N) is 1. The molecule has 0 spiro atoms. The minimum absolute atomic E-state index is 0.107. The van der Waals surface area contributed by atoms with Crippen LogP contribution < -0.4 is 10.2 Å². The standard InChI is InChI=1S/C22H25FN4O4/c1-2-25(15-21(28)24-14-16-5-8-18(23)9-6-16)22(29)17-7-10-19(20(13-17)27(30)31)26-11-3-4-12-26/h5-10,13H,2-4,11-12,14-15H2,1H3,(H,24,28). The van der Waals surface area contributed by atoms with Crippen molar-refractivity contribution in [2.75, 3.05) is 31.1 Å². The van der Waals surface area contributed by atoms with Crippen LogP contribution in [-0.4, -0.2) is 47.8 Å². The van der Waals surface area contributed by atoms with Crippen molar-refractivity contribution in [3.05, 3.63) is 69.5 Å². The quantitative estimate of drug-likeness (QED) is 0.515. The van der Waals surface area contributed by atoms with Crippen LogP contribution in [0.3, 0.4) is 0 Å². The summed E-state index contributed by atoms with van der Waals surface area (Å²) in [5.74, 6) is -1.18. The van der Waals surface area contributed by atoms with Gasteiger partial charge in [0.05, 0.1) is 11.5 Å². The second-order valence-corrected chi connectivity index (χ2v) is 7.38. The van der Waals surface area contributed by atoms with E-state index in [-0.39, 0.29) is 42.6 Å². The van der Waals surface area contributed by atoms with Crippen LogP contribution in [0.4, 0.5) is 15.8 Å². The lowest BCUT2D eigenvalue weighted by atomic mass is 10.1. The van der Waals surface area contributed by atoms with Crippen molar-refractivity contribution in [1.29, 1.82) is 0 Å². The van der Waals surface area contributed by atoms with Crippen LogP contribution in [0.25, 0.3) is 0 Å². The fourth-order valence-electron chi connectivity index (χ4n) is 3.57. The number of rotatable bonds is 8. The van der Waals surface area contributed by atoms with Gasteiger partial charge >= 0.3 is 0 Å². The molecule has 0 bridgehead atoms. The number of anilines is 1. The molecule has 164 valence electrons. The van der Waals surface area contributed by atoms with Crippen LogP contribution in [-0.2, 0) is 11.3 Å². The molecule has 9 heteroatoms. The Morgan fingerprint density at radius 2 is 1.84 bits per heavy atom. The maximum atomic E-state index is 13.0. The second-order valence-electron chi connectivity index (χ2n) is 7.38. The number of likely N-dealkylation sites (N-methyl/N-ethyl adjacent to an activating group) is 1. The summed E-state index contributed by atoms with van der Waals surface area (Å²) in [6.07, 6.45) is 1.96. The van der Waals surface area contributed by atoms with Gasteiger partial charge in [0.15, 0.2) is 0 Å². The summed E-state index contributed by atoms with van der Waals surface area (Å²) < 4.78 is 13.0. The molecule has 1 N–H and O–H groups in total. The number of halogens is 1.